The summed E-state index contributed by atoms with van der Waals surface area (Å²) in [5.74, 6) is 6.54. The lowest BCUT2D eigenvalue weighted by atomic mass is 10.1. The molecule has 0 atom stereocenters. The molecule has 3 aromatic rings. The fraction of sp³-hybridized carbons (Fsp3) is 0.167. The Morgan fingerprint density at radius 2 is 1.38 bits per heavy atom. The Kier molecular flexibility index (Phi) is 6.50. The summed E-state index contributed by atoms with van der Waals surface area (Å²) >= 11 is 5.93. The highest BCUT2D eigenvalue weighted by atomic mass is 35.5. The van der Waals surface area contributed by atoms with Gasteiger partial charge in [0.1, 0.15) is 0 Å². The molecule has 0 amide bonds. The van der Waals surface area contributed by atoms with Crippen LogP contribution in [0.1, 0.15) is 22.3 Å². The molecular formula is C24H22ClN. The monoisotopic (exact) mass is 359 g/mol. The molecule has 0 unspecified atom stereocenters. The molecule has 0 aliphatic carbocycles. The molecule has 2 heteroatoms. The summed E-state index contributed by atoms with van der Waals surface area (Å²) in [4.78, 5) is 2.36. The average molecular weight is 360 g/mol. The minimum Gasteiger partial charge on any atom is -0.284 e. The summed E-state index contributed by atoms with van der Waals surface area (Å²) in [5.41, 5.74) is 4.88. The smallest absolute Gasteiger partial charge is 0.0611 e. The van der Waals surface area contributed by atoms with Gasteiger partial charge < -0.3 is 0 Å². The Bertz CT molecular complexity index is 871. The summed E-state index contributed by atoms with van der Waals surface area (Å²) < 4.78 is 0. The number of benzene rings is 3. The third-order valence-electron chi connectivity index (χ3n) is 4.16. The zero-order valence-electron chi connectivity index (χ0n) is 15.0. The van der Waals surface area contributed by atoms with Crippen LogP contribution in [0, 0.1) is 18.8 Å². The van der Waals surface area contributed by atoms with Crippen molar-refractivity contribution in [3.05, 3.63) is 106 Å². The van der Waals surface area contributed by atoms with E-state index in [2.05, 4.69) is 72.2 Å². The van der Waals surface area contributed by atoms with Crippen LogP contribution in [-0.2, 0) is 13.1 Å². The number of halogens is 1. The van der Waals surface area contributed by atoms with Crippen molar-refractivity contribution in [2.24, 2.45) is 0 Å². The summed E-state index contributed by atoms with van der Waals surface area (Å²) in [5, 5.41) is 0.737. The lowest BCUT2D eigenvalue weighted by molar-refractivity contribution is 0.290. The topological polar surface area (TPSA) is 3.24 Å². The number of aryl methyl sites for hydroxylation is 1. The van der Waals surface area contributed by atoms with Gasteiger partial charge in [-0.15, -0.1) is 0 Å². The molecule has 0 spiro atoms. The molecule has 0 saturated carbocycles. The summed E-state index contributed by atoms with van der Waals surface area (Å²) in [6, 6.07) is 26.9. The highest BCUT2D eigenvalue weighted by Crippen LogP contribution is 2.11. The predicted molar refractivity (Wildman–Crippen MR) is 110 cm³/mol. The second-order valence-electron chi connectivity index (χ2n) is 6.43. The van der Waals surface area contributed by atoms with Crippen molar-refractivity contribution >= 4 is 11.6 Å². The zero-order chi connectivity index (χ0) is 18.2. The second-order valence-corrected chi connectivity index (χ2v) is 6.86. The summed E-state index contributed by atoms with van der Waals surface area (Å²) in [7, 11) is 0. The number of hydrogen-bond donors (Lipinski definition) is 0. The zero-order valence-corrected chi connectivity index (χ0v) is 15.7. The lowest BCUT2D eigenvalue weighted by Gasteiger charge is -2.20. The number of rotatable bonds is 5. The molecule has 0 heterocycles. The van der Waals surface area contributed by atoms with Crippen LogP contribution < -0.4 is 0 Å². The molecular weight excluding hydrogens is 338 g/mol. The van der Waals surface area contributed by atoms with Gasteiger partial charge in [0, 0.05) is 23.7 Å². The summed E-state index contributed by atoms with van der Waals surface area (Å²) in [6.07, 6.45) is 0. The van der Waals surface area contributed by atoms with E-state index in [1.807, 2.05) is 30.3 Å². The molecule has 0 aliphatic rings. The van der Waals surface area contributed by atoms with Crippen molar-refractivity contribution in [2.45, 2.75) is 20.0 Å². The van der Waals surface area contributed by atoms with Gasteiger partial charge in [0.15, 0.2) is 0 Å². The summed E-state index contributed by atoms with van der Waals surface area (Å²) in [6.45, 7) is 4.59. The molecule has 3 aromatic carbocycles. The Morgan fingerprint density at radius 1 is 0.769 bits per heavy atom. The first-order valence-electron chi connectivity index (χ1n) is 8.75. The minimum absolute atomic E-state index is 0.714. The fourth-order valence-corrected chi connectivity index (χ4v) is 2.87. The average Bonchev–Trinajstić information content (AvgIpc) is 2.66. The van der Waals surface area contributed by atoms with Crippen molar-refractivity contribution in [3.8, 4) is 11.8 Å². The minimum atomic E-state index is 0.714. The van der Waals surface area contributed by atoms with E-state index >= 15 is 0 Å². The van der Waals surface area contributed by atoms with E-state index in [1.165, 1.54) is 16.7 Å². The van der Waals surface area contributed by atoms with Gasteiger partial charge in [-0.2, -0.15) is 0 Å². The maximum atomic E-state index is 5.93. The molecule has 1 nitrogen and oxygen atoms in total. The largest absolute Gasteiger partial charge is 0.284 e. The molecule has 26 heavy (non-hydrogen) atoms. The number of hydrogen-bond acceptors (Lipinski definition) is 1. The van der Waals surface area contributed by atoms with E-state index in [1.54, 1.807) is 0 Å². The standard InChI is InChI=1S/C24H22ClN/c1-20-9-11-23(12-10-20)19-26(18-22-6-3-2-4-7-22)17-5-8-21-13-15-24(25)16-14-21/h2-4,6-7,9-16H,17-19H2,1H3. The molecule has 0 bridgehead atoms. The van der Waals surface area contributed by atoms with E-state index in [0.717, 1.165) is 23.7 Å². The Hall–Kier alpha value is -2.53. The van der Waals surface area contributed by atoms with E-state index in [-0.39, 0.29) is 0 Å². The van der Waals surface area contributed by atoms with Crippen molar-refractivity contribution in [2.75, 3.05) is 6.54 Å². The van der Waals surface area contributed by atoms with Crippen LogP contribution in [0.5, 0.6) is 0 Å². The highest BCUT2D eigenvalue weighted by Gasteiger charge is 2.06. The Labute approximate surface area is 161 Å². The third-order valence-corrected chi connectivity index (χ3v) is 4.41. The van der Waals surface area contributed by atoms with Gasteiger partial charge in [0.25, 0.3) is 0 Å². The normalized spacial score (nSPS) is 10.4. The maximum Gasteiger partial charge on any atom is 0.0611 e. The molecule has 0 aliphatic heterocycles. The van der Waals surface area contributed by atoms with E-state index in [4.69, 9.17) is 11.6 Å². The molecule has 0 aromatic heterocycles. The van der Waals surface area contributed by atoms with Gasteiger partial charge in [-0.25, -0.2) is 0 Å². The highest BCUT2D eigenvalue weighted by molar-refractivity contribution is 6.30. The van der Waals surface area contributed by atoms with Crippen molar-refractivity contribution in [1.82, 2.24) is 4.90 Å². The molecule has 0 fully saturated rings. The van der Waals surface area contributed by atoms with E-state index in [9.17, 15) is 0 Å². The molecule has 0 N–H and O–H groups in total. The first-order chi connectivity index (χ1) is 12.7. The van der Waals surface area contributed by atoms with Crippen LogP contribution in [0.4, 0.5) is 0 Å². The first-order valence-corrected chi connectivity index (χ1v) is 9.13. The van der Waals surface area contributed by atoms with Crippen molar-refractivity contribution in [1.29, 1.82) is 0 Å². The van der Waals surface area contributed by atoms with Crippen LogP contribution in [0.2, 0.25) is 5.02 Å². The molecule has 3 rings (SSSR count). The SMILES string of the molecule is Cc1ccc(CN(CC#Cc2ccc(Cl)cc2)Cc2ccccc2)cc1. The third kappa shape index (κ3) is 5.77. The van der Waals surface area contributed by atoms with Gasteiger partial charge >= 0.3 is 0 Å². The molecule has 0 saturated heterocycles. The Morgan fingerprint density at radius 3 is 2.04 bits per heavy atom. The van der Waals surface area contributed by atoms with Crippen molar-refractivity contribution in [3.63, 3.8) is 0 Å². The van der Waals surface area contributed by atoms with E-state index in [0.29, 0.717) is 6.54 Å². The van der Waals surface area contributed by atoms with Crippen LogP contribution in [-0.4, -0.2) is 11.4 Å². The quantitative estimate of drug-likeness (QED) is 0.528. The molecule has 0 radical (unpaired) electrons. The number of nitrogens with zero attached hydrogens (tertiary/aromatic N) is 1. The first kappa shape index (κ1) is 18.3. The predicted octanol–water partition coefficient (Wildman–Crippen LogP) is 5.70. The maximum absolute atomic E-state index is 5.93. The second kappa shape index (κ2) is 9.25. The van der Waals surface area contributed by atoms with E-state index < -0.39 is 0 Å². The van der Waals surface area contributed by atoms with Gasteiger partial charge in [-0.1, -0.05) is 83.6 Å². The van der Waals surface area contributed by atoms with Crippen molar-refractivity contribution < 1.29 is 0 Å². The van der Waals surface area contributed by atoms with Gasteiger partial charge in [-0.05, 0) is 42.3 Å². The lowest BCUT2D eigenvalue weighted by Crippen LogP contribution is -2.23. The Balaban J connectivity index is 1.71. The van der Waals surface area contributed by atoms with Gasteiger partial charge in [-0.3, -0.25) is 4.90 Å². The van der Waals surface area contributed by atoms with Gasteiger partial charge in [0.2, 0.25) is 0 Å². The van der Waals surface area contributed by atoms with Crippen LogP contribution >= 0.6 is 11.6 Å². The van der Waals surface area contributed by atoms with Crippen LogP contribution in [0.15, 0.2) is 78.9 Å². The molecule has 130 valence electrons. The van der Waals surface area contributed by atoms with Crippen LogP contribution in [0.25, 0.3) is 0 Å². The fourth-order valence-electron chi connectivity index (χ4n) is 2.75. The van der Waals surface area contributed by atoms with Gasteiger partial charge in [0.05, 0.1) is 6.54 Å². The van der Waals surface area contributed by atoms with Crippen LogP contribution in [0.3, 0.4) is 0 Å².